The largest absolute Gasteiger partial charge is 0.465 e. The van der Waals surface area contributed by atoms with Gasteiger partial charge in [-0.25, -0.2) is 0 Å². The van der Waals surface area contributed by atoms with Gasteiger partial charge in [0.05, 0.1) is 25.2 Å². The summed E-state index contributed by atoms with van der Waals surface area (Å²) >= 11 is 0. The first-order valence-electron chi connectivity index (χ1n) is 8.92. The van der Waals surface area contributed by atoms with E-state index in [2.05, 4.69) is 0 Å². The number of fused-ring (bicyclic) bond motifs is 1. The summed E-state index contributed by atoms with van der Waals surface area (Å²) in [5.74, 6) is -1.30. The van der Waals surface area contributed by atoms with Crippen LogP contribution in [-0.2, 0) is 25.6 Å². The molecule has 0 N–H and O–H groups in total. The fourth-order valence-electron chi connectivity index (χ4n) is 4.19. The van der Waals surface area contributed by atoms with E-state index in [1.807, 2.05) is 50.3 Å². The maximum Gasteiger partial charge on any atom is 0.312 e. The molecule has 0 aromatic heterocycles. The van der Waals surface area contributed by atoms with E-state index in [0.717, 1.165) is 12.0 Å². The summed E-state index contributed by atoms with van der Waals surface area (Å²) in [6.07, 6.45) is 4.32. The summed E-state index contributed by atoms with van der Waals surface area (Å²) in [4.78, 5) is 27.3. The van der Waals surface area contributed by atoms with Gasteiger partial charge in [-0.2, -0.15) is 0 Å². The molecule has 132 valence electrons. The van der Waals surface area contributed by atoms with Crippen LogP contribution in [0, 0.1) is 18.8 Å². The second-order valence-electron chi connectivity index (χ2n) is 7.25. The molecule has 1 spiro atoms. The predicted octanol–water partition coefficient (Wildman–Crippen LogP) is 2.23. The molecule has 1 aromatic carbocycles. The molecular weight excluding hydrogens is 318 g/mol. The molecule has 2 fully saturated rings. The van der Waals surface area contributed by atoms with Crippen molar-refractivity contribution >= 4 is 11.9 Å². The minimum absolute atomic E-state index is 0.00845. The van der Waals surface area contributed by atoms with Gasteiger partial charge in [-0.15, -0.1) is 0 Å². The van der Waals surface area contributed by atoms with Crippen molar-refractivity contribution < 1.29 is 19.1 Å². The fourth-order valence-corrected chi connectivity index (χ4v) is 4.19. The monoisotopic (exact) mass is 341 g/mol. The van der Waals surface area contributed by atoms with Crippen LogP contribution in [-0.4, -0.2) is 41.6 Å². The average molecular weight is 341 g/mol. The molecule has 4 atom stereocenters. The summed E-state index contributed by atoms with van der Waals surface area (Å²) in [7, 11) is 0. The van der Waals surface area contributed by atoms with Gasteiger partial charge >= 0.3 is 5.97 Å². The van der Waals surface area contributed by atoms with Crippen LogP contribution < -0.4 is 0 Å². The zero-order chi connectivity index (χ0) is 17.6. The van der Waals surface area contributed by atoms with Gasteiger partial charge in [0.15, 0.2) is 0 Å². The van der Waals surface area contributed by atoms with Crippen molar-refractivity contribution in [1.29, 1.82) is 0 Å². The second kappa shape index (κ2) is 5.99. The highest BCUT2D eigenvalue weighted by molar-refractivity contribution is 5.91. The van der Waals surface area contributed by atoms with E-state index < -0.39 is 17.4 Å². The van der Waals surface area contributed by atoms with Crippen molar-refractivity contribution in [3.63, 3.8) is 0 Å². The highest BCUT2D eigenvalue weighted by Gasteiger charge is 2.67. The van der Waals surface area contributed by atoms with Gasteiger partial charge in [0.2, 0.25) is 5.91 Å². The topological polar surface area (TPSA) is 55.8 Å². The molecule has 3 heterocycles. The summed E-state index contributed by atoms with van der Waals surface area (Å²) < 4.78 is 11.4. The maximum absolute atomic E-state index is 13.0. The molecule has 1 unspecified atom stereocenters. The number of carbonyl (C=O) groups excluding carboxylic acids is 2. The summed E-state index contributed by atoms with van der Waals surface area (Å²) in [6.45, 7) is 5.41. The second-order valence-corrected chi connectivity index (χ2v) is 7.25. The summed E-state index contributed by atoms with van der Waals surface area (Å²) in [5.41, 5.74) is 1.61. The first-order valence-corrected chi connectivity index (χ1v) is 8.92. The minimum atomic E-state index is -0.664. The minimum Gasteiger partial charge on any atom is -0.465 e. The predicted molar refractivity (Wildman–Crippen MR) is 91.6 cm³/mol. The Balaban J connectivity index is 1.55. The SMILES string of the molecule is CCCOC(=O)C1[C@H]2C(=O)N(Cc3ccc(C)cc3)C[C@]23C=C[C@H]1O3. The van der Waals surface area contributed by atoms with E-state index in [4.69, 9.17) is 9.47 Å². The van der Waals surface area contributed by atoms with Gasteiger partial charge in [-0.1, -0.05) is 48.9 Å². The first kappa shape index (κ1) is 16.3. The van der Waals surface area contributed by atoms with Gasteiger partial charge in [0, 0.05) is 6.54 Å². The zero-order valence-corrected chi connectivity index (χ0v) is 14.6. The lowest BCUT2D eigenvalue weighted by Gasteiger charge is -2.22. The van der Waals surface area contributed by atoms with Crippen molar-refractivity contribution in [2.75, 3.05) is 13.2 Å². The fraction of sp³-hybridized carbons (Fsp3) is 0.500. The van der Waals surface area contributed by atoms with E-state index in [0.29, 0.717) is 19.7 Å². The lowest BCUT2D eigenvalue weighted by molar-refractivity contribution is -0.153. The number of likely N-dealkylation sites (tertiary alicyclic amines) is 1. The molecule has 0 aliphatic carbocycles. The molecule has 2 saturated heterocycles. The van der Waals surface area contributed by atoms with Crippen molar-refractivity contribution in [3.05, 3.63) is 47.5 Å². The Morgan fingerprint density at radius 3 is 2.84 bits per heavy atom. The smallest absolute Gasteiger partial charge is 0.312 e. The van der Waals surface area contributed by atoms with Crippen molar-refractivity contribution in [2.45, 2.75) is 38.5 Å². The molecule has 3 aliphatic heterocycles. The van der Waals surface area contributed by atoms with Gasteiger partial charge in [0.1, 0.15) is 11.5 Å². The van der Waals surface area contributed by atoms with Crippen LogP contribution in [0.5, 0.6) is 0 Å². The van der Waals surface area contributed by atoms with Crippen LogP contribution >= 0.6 is 0 Å². The molecule has 0 radical (unpaired) electrons. The highest BCUT2D eigenvalue weighted by atomic mass is 16.6. The summed E-state index contributed by atoms with van der Waals surface area (Å²) in [6, 6.07) is 8.16. The first-order chi connectivity index (χ1) is 12.0. The van der Waals surface area contributed by atoms with Crippen LogP contribution in [0.3, 0.4) is 0 Å². The molecule has 1 aromatic rings. The number of ether oxygens (including phenoxy) is 2. The number of amides is 1. The number of nitrogens with zero attached hydrogens (tertiary/aromatic N) is 1. The van der Waals surface area contributed by atoms with Crippen LogP contribution in [0.25, 0.3) is 0 Å². The number of hydrogen-bond acceptors (Lipinski definition) is 4. The number of aryl methyl sites for hydroxylation is 1. The van der Waals surface area contributed by atoms with Gasteiger partial charge in [-0.05, 0) is 18.9 Å². The van der Waals surface area contributed by atoms with E-state index in [-0.39, 0.29) is 18.0 Å². The summed E-state index contributed by atoms with van der Waals surface area (Å²) in [5, 5.41) is 0. The van der Waals surface area contributed by atoms with Crippen LogP contribution in [0.2, 0.25) is 0 Å². The average Bonchev–Trinajstić information content (AvgIpc) is 3.23. The Hall–Kier alpha value is -2.14. The number of esters is 1. The molecule has 0 saturated carbocycles. The van der Waals surface area contributed by atoms with E-state index in [1.165, 1.54) is 5.56 Å². The van der Waals surface area contributed by atoms with E-state index in [9.17, 15) is 9.59 Å². The van der Waals surface area contributed by atoms with Gasteiger partial charge in [-0.3, -0.25) is 9.59 Å². The van der Waals surface area contributed by atoms with Crippen molar-refractivity contribution in [3.8, 4) is 0 Å². The van der Waals surface area contributed by atoms with Crippen LogP contribution in [0.1, 0.15) is 24.5 Å². The van der Waals surface area contributed by atoms with E-state index >= 15 is 0 Å². The van der Waals surface area contributed by atoms with Crippen LogP contribution in [0.15, 0.2) is 36.4 Å². The van der Waals surface area contributed by atoms with Gasteiger partial charge in [0.25, 0.3) is 0 Å². The molecule has 4 rings (SSSR count). The molecule has 2 bridgehead atoms. The lowest BCUT2D eigenvalue weighted by atomic mass is 9.77. The third-order valence-electron chi connectivity index (χ3n) is 5.39. The molecule has 25 heavy (non-hydrogen) atoms. The zero-order valence-electron chi connectivity index (χ0n) is 14.6. The molecule has 1 amide bonds. The Bertz CT molecular complexity index is 726. The Morgan fingerprint density at radius 2 is 2.12 bits per heavy atom. The third-order valence-corrected chi connectivity index (χ3v) is 5.39. The molecule has 3 aliphatic rings. The number of carbonyl (C=O) groups is 2. The Morgan fingerprint density at radius 1 is 1.36 bits per heavy atom. The number of hydrogen-bond donors (Lipinski definition) is 0. The van der Waals surface area contributed by atoms with Crippen molar-refractivity contribution in [1.82, 2.24) is 4.90 Å². The molecule has 5 heteroatoms. The molecule has 5 nitrogen and oxygen atoms in total. The Labute approximate surface area is 147 Å². The normalized spacial score (nSPS) is 32.3. The van der Waals surface area contributed by atoms with Crippen molar-refractivity contribution in [2.24, 2.45) is 11.8 Å². The highest BCUT2D eigenvalue weighted by Crippen LogP contribution is 2.52. The third kappa shape index (κ3) is 2.58. The quantitative estimate of drug-likeness (QED) is 0.609. The van der Waals surface area contributed by atoms with Gasteiger partial charge < -0.3 is 14.4 Å². The lowest BCUT2D eigenvalue weighted by Crippen LogP contribution is -2.40. The standard InChI is InChI=1S/C20H23NO4/c1-3-10-24-19(23)16-15-8-9-20(25-15)12-21(18(22)17(16)20)11-14-6-4-13(2)5-7-14/h4-9,15-17H,3,10-12H2,1-2H3/t15-,16?,17+,20-/m1/s1. The number of benzene rings is 1. The Kier molecular flexibility index (Phi) is 3.91. The maximum atomic E-state index is 13.0. The number of rotatable bonds is 5. The van der Waals surface area contributed by atoms with Crippen LogP contribution in [0.4, 0.5) is 0 Å². The van der Waals surface area contributed by atoms with E-state index in [1.54, 1.807) is 4.90 Å². The molecular formula is C20H23NO4.